The molecule has 2 aliphatic heterocycles. The first-order valence-corrected chi connectivity index (χ1v) is 12.1. The van der Waals surface area contributed by atoms with E-state index in [2.05, 4.69) is 10.6 Å². The average molecular weight is 458 g/mol. The zero-order valence-corrected chi connectivity index (χ0v) is 18.9. The number of nitrogens with one attached hydrogen (secondary N) is 2. The van der Waals surface area contributed by atoms with Crippen LogP contribution in [0.3, 0.4) is 0 Å². The number of β-amino-alcohol motifs (C(OH)–C–C–N with tert-alkyl or cyclic N) is 1. The number of aryl methyl sites for hydroxylation is 2. The highest BCUT2D eigenvalue weighted by molar-refractivity contribution is 7.89. The van der Waals surface area contributed by atoms with Gasteiger partial charge in [0.15, 0.2) is 0 Å². The van der Waals surface area contributed by atoms with Crippen LogP contribution in [0.4, 0.5) is 0 Å². The molecule has 1 saturated heterocycles. The number of aliphatic hydroxyl groups excluding tert-OH is 1. The molecule has 2 heterocycles. The zero-order chi connectivity index (χ0) is 23.0. The van der Waals surface area contributed by atoms with Gasteiger partial charge in [0.1, 0.15) is 6.04 Å². The minimum Gasteiger partial charge on any atom is -0.392 e. The molecule has 1 fully saturated rings. The van der Waals surface area contributed by atoms with E-state index in [0.717, 1.165) is 33.0 Å². The number of carbonyl (C=O) groups is 2. The van der Waals surface area contributed by atoms with Gasteiger partial charge in [0.25, 0.3) is 5.91 Å². The van der Waals surface area contributed by atoms with Gasteiger partial charge < -0.3 is 15.7 Å². The molecule has 2 aromatic carbocycles. The molecule has 0 saturated carbocycles. The molecule has 0 radical (unpaired) electrons. The summed E-state index contributed by atoms with van der Waals surface area (Å²) in [6.07, 6.45) is -0.124. The molecule has 0 aliphatic carbocycles. The molecule has 32 heavy (non-hydrogen) atoms. The van der Waals surface area contributed by atoms with E-state index in [4.69, 9.17) is 0 Å². The number of amides is 2. The summed E-state index contributed by atoms with van der Waals surface area (Å²) in [4.78, 5) is 25.1. The SMILES string of the molecule is Cc1ccc(S(=O)(=O)N2CC(O)C[C@H]2C(=O)NCc2ccc3c(c2)C(=O)NCC3)cc1C. The van der Waals surface area contributed by atoms with Gasteiger partial charge in [-0.3, -0.25) is 9.59 Å². The van der Waals surface area contributed by atoms with Crippen molar-refractivity contribution in [1.82, 2.24) is 14.9 Å². The fourth-order valence-corrected chi connectivity index (χ4v) is 5.90. The Labute approximate surface area is 187 Å². The van der Waals surface area contributed by atoms with Gasteiger partial charge in [0.05, 0.1) is 11.0 Å². The molecule has 0 bridgehead atoms. The predicted octanol–water partition coefficient (Wildman–Crippen LogP) is 1.03. The van der Waals surface area contributed by atoms with E-state index in [0.29, 0.717) is 12.1 Å². The van der Waals surface area contributed by atoms with E-state index in [1.54, 1.807) is 18.2 Å². The van der Waals surface area contributed by atoms with Gasteiger partial charge in [0.2, 0.25) is 15.9 Å². The van der Waals surface area contributed by atoms with Crippen LogP contribution in [0.15, 0.2) is 41.3 Å². The maximum atomic E-state index is 13.2. The maximum Gasteiger partial charge on any atom is 0.251 e. The van der Waals surface area contributed by atoms with Gasteiger partial charge in [0, 0.05) is 31.6 Å². The van der Waals surface area contributed by atoms with Crippen LogP contribution < -0.4 is 10.6 Å². The Bertz CT molecular complexity index is 1180. The lowest BCUT2D eigenvalue weighted by Crippen LogP contribution is -2.45. The number of rotatable bonds is 5. The Kier molecular flexibility index (Phi) is 6.07. The number of benzene rings is 2. The highest BCUT2D eigenvalue weighted by Crippen LogP contribution is 2.28. The lowest BCUT2D eigenvalue weighted by molar-refractivity contribution is -0.124. The summed E-state index contributed by atoms with van der Waals surface area (Å²) in [6.45, 7) is 4.36. The number of hydrogen-bond donors (Lipinski definition) is 3. The van der Waals surface area contributed by atoms with Crippen LogP contribution in [0.25, 0.3) is 0 Å². The lowest BCUT2D eigenvalue weighted by Gasteiger charge is -2.23. The van der Waals surface area contributed by atoms with Gasteiger partial charge in [-0.05, 0) is 60.7 Å². The van der Waals surface area contributed by atoms with Crippen LogP contribution in [0.2, 0.25) is 0 Å². The van der Waals surface area contributed by atoms with Crippen molar-refractivity contribution >= 4 is 21.8 Å². The van der Waals surface area contributed by atoms with Crippen molar-refractivity contribution in [3.63, 3.8) is 0 Å². The van der Waals surface area contributed by atoms with Gasteiger partial charge in [-0.25, -0.2) is 8.42 Å². The molecular weight excluding hydrogens is 430 g/mol. The molecule has 2 aliphatic rings. The number of nitrogens with zero attached hydrogens (tertiary/aromatic N) is 1. The van der Waals surface area contributed by atoms with Crippen molar-refractivity contribution in [1.29, 1.82) is 0 Å². The molecule has 0 aromatic heterocycles. The third kappa shape index (κ3) is 4.28. The minimum absolute atomic E-state index is 0.0303. The van der Waals surface area contributed by atoms with Crippen molar-refractivity contribution < 1.29 is 23.1 Å². The molecule has 9 heteroatoms. The summed E-state index contributed by atoms with van der Waals surface area (Å²) in [5, 5.41) is 15.7. The summed E-state index contributed by atoms with van der Waals surface area (Å²) in [6, 6.07) is 9.32. The van der Waals surface area contributed by atoms with Crippen LogP contribution in [0.5, 0.6) is 0 Å². The summed E-state index contributed by atoms with van der Waals surface area (Å²) in [5.41, 5.74) is 4.12. The third-order valence-corrected chi connectivity index (χ3v) is 8.06. The second-order valence-corrected chi connectivity index (χ2v) is 10.3. The first-order valence-electron chi connectivity index (χ1n) is 10.6. The van der Waals surface area contributed by atoms with Crippen molar-refractivity contribution in [2.75, 3.05) is 13.1 Å². The van der Waals surface area contributed by atoms with Crippen LogP contribution in [0, 0.1) is 13.8 Å². The number of sulfonamides is 1. The van der Waals surface area contributed by atoms with Crippen LogP contribution in [0.1, 0.15) is 39.0 Å². The summed E-state index contributed by atoms with van der Waals surface area (Å²) < 4.78 is 27.5. The summed E-state index contributed by atoms with van der Waals surface area (Å²) in [7, 11) is -3.95. The molecule has 2 amide bonds. The summed E-state index contributed by atoms with van der Waals surface area (Å²) >= 11 is 0. The molecule has 4 rings (SSSR count). The average Bonchev–Trinajstić information content (AvgIpc) is 3.17. The Hall–Kier alpha value is -2.75. The topological polar surface area (TPSA) is 116 Å². The van der Waals surface area contributed by atoms with Crippen molar-refractivity contribution in [2.24, 2.45) is 0 Å². The van der Waals surface area contributed by atoms with Crippen LogP contribution >= 0.6 is 0 Å². The van der Waals surface area contributed by atoms with Gasteiger partial charge in [-0.1, -0.05) is 18.2 Å². The Morgan fingerprint density at radius 1 is 1.19 bits per heavy atom. The van der Waals surface area contributed by atoms with Gasteiger partial charge >= 0.3 is 0 Å². The summed E-state index contributed by atoms with van der Waals surface area (Å²) in [5.74, 6) is -0.611. The van der Waals surface area contributed by atoms with E-state index in [-0.39, 0.29) is 30.3 Å². The normalized spacial score (nSPS) is 21.2. The Morgan fingerprint density at radius 2 is 1.97 bits per heavy atom. The van der Waals surface area contributed by atoms with E-state index in [9.17, 15) is 23.1 Å². The zero-order valence-electron chi connectivity index (χ0n) is 18.1. The molecule has 3 N–H and O–H groups in total. The smallest absolute Gasteiger partial charge is 0.251 e. The second-order valence-electron chi connectivity index (χ2n) is 8.44. The number of fused-ring (bicyclic) bond motifs is 1. The van der Waals surface area contributed by atoms with Crippen molar-refractivity contribution in [2.45, 2.75) is 50.3 Å². The number of carbonyl (C=O) groups excluding carboxylic acids is 2. The maximum absolute atomic E-state index is 13.2. The largest absolute Gasteiger partial charge is 0.392 e. The first kappa shape index (κ1) is 22.4. The second kappa shape index (κ2) is 8.65. The highest BCUT2D eigenvalue weighted by Gasteiger charge is 2.43. The van der Waals surface area contributed by atoms with Gasteiger partial charge in [-0.15, -0.1) is 0 Å². The van der Waals surface area contributed by atoms with Crippen LogP contribution in [-0.4, -0.2) is 54.9 Å². The molecule has 1 unspecified atom stereocenters. The minimum atomic E-state index is -3.95. The number of aliphatic hydroxyl groups is 1. The van der Waals surface area contributed by atoms with E-state index in [1.165, 1.54) is 6.07 Å². The monoisotopic (exact) mass is 457 g/mol. The van der Waals surface area contributed by atoms with E-state index >= 15 is 0 Å². The Morgan fingerprint density at radius 3 is 2.72 bits per heavy atom. The molecule has 0 spiro atoms. The fourth-order valence-electron chi connectivity index (χ4n) is 4.17. The number of hydrogen-bond acceptors (Lipinski definition) is 5. The molecule has 170 valence electrons. The first-order chi connectivity index (χ1) is 15.2. The van der Waals surface area contributed by atoms with Gasteiger partial charge in [-0.2, -0.15) is 4.31 Å². The Balaban J connectivity index is 1.50. The van der Waals surface area contributed by atoms with Crippen molar-refractivity contribution in [3.8, 4) is 0 Å². The van der Waals surface area contributed by atoms with Crippen LogP contribution in [-0.2, 0) is 27.8 Å². The van der Waals surface area contributed by atoms with E-state index < -0.39 is 28.1 Å². The molecule has 8 nitrogen and oxygen atoms in total. The predicted molar refractivity (Wildman–Crippen MR) is 119 cm³/mol. The fraction of sp³-hybridized carbons (Fsp3) is 0.391. The third-order valence-electron chi connectivity index (χ3n) is 6.19. The quantitative estimate of drug-likeness (QED) is 0.620. The molecule has 2 aromatic rings. The van der Waals surface area contributed by atoms with E-state index in [1.807, 2.05) is 26.0 Å². The highest BCUT2D eigenvalue weighted by atomic mass is 32.2. The standard InChI is InChI=1S/C23H27N3O5S/c1-14-3-6-19(9-15(14)2)32(30,31)26-13-18(27)11-21(26)23(29)25-12-16-4-5-17-7-8-24-22(28)20(17)10-16/h3-6,9-10,18,21,27H,7-8,11-13H2,1-2H3,(H,24,28)(H,25,29)/t18?,21-/m0/s1. The molecule has 2 atom stereocenters. The van der Waals surface area contributed by atoms with Crippen molar-refractivity contribution in [3.05, 3.63) is 64.2 Å². The molecular formula is C23H27N3O5S. The lowest BCUT2D eigenvalue weighted by atomic mass is 9.98.